The van der Waals surface area contributed by atoms with Gasteiger partial charge in [-0.05, 0) is 35.4 Å². The maximum absolute atomic E-state index is 11.6. The van der Waals surface area contributed by atoms with Crippen LogP contribution in [0, 0.1) is 0 Å². The van der Waals surface area contributed by atoms with E-state index < -0.39 is 5.97 Å². The zero-order valence-electron chi connectivity index (χ0n) is 13.7. The van der Waals surface area contributed by atoms with Crippen LogP contribution in [-0.2, 0) is 6.61 Å². The summed E-state index contributed by atoms with van der Waals surface area (Å²) in [6.07, 6.45) is 1.59. The number of aromatic nitrogens is 1. The number of carboxylic acid groups (broad SMARTS) is 1. The van der Waals surface area contributed by atoms with E-state index >= 15 is 0 Å². The van der Waals surface area contributed by atoms with Crippen molar-refractivity contribution in [1.29, 1.82) is 0 Å². The molecule has 0 amide bonds. The lowest BCUT2D eigenvalue weighted by Crippen LogP contribution is -2.02. The molecule has 3 aromatic rings. The Kier molecular flexibility index (Phi) is 4.95. The molecule has 0 bridgehead atoms. The number of methoxy groups -OCH3 is 1. The Bertz CT molecular complexity index is 861. The summed E-state index contributed by atoms with van der Waals surface area (Å²) in [5.74, 6) is -0.0362. The summed E-state index contributed by atoms with van der Waals surface area (Å²) in [6, 6.07) is 18.2. The SMILES string of the molecule is COc1ccc(-c2ccc(OCc3ccccc3)cc2C(=O)O)cn1. The Morgan fingerprint density at radius 2 is 1.88 bits per heavy atom. The molecule has 2 aromatic carbocycles. The van der Waals surface area contributed by atoms with Crippen molar-refractivity contribution < 1.29 is 19.4 Å². The van der Waals surface area contributed by atoms with Gasteiger partial charge >= 0.3 is 5.97 Å². The van der Waals surface area contributed by atoms with Crippen molar-refractivity contribution in [3.8, 4) is 22.8 Å². The largest absolute Gasteiger partial charge is 0.489 e. The number of benzene rings is 2. The molecule has 0 spiro atoms. The number of carboxylic acids is 1. The second-order valence-electron chi connectivity index (χ2n) is 5.38. The lowest BCUT2D eigenvalue weighted by Gasteiger charge is -2.11. The normalized spacial score (nSPS) is 10.3. The predicted octanol–water partition coefficient (Wildman–Crippen LogP) is 4.03. The van der Waals surface area contributed by atoms with Gasteiger partial charge in [-0.15, -0.1) is 0 Å². The molecule has 126 valence electrons. The van der Waals surface area contributed by atoms with Gasteiger partial charge in [0.2, 0.25) is 5.88 Å². The summed E-state index contributed by atoms with van der Waals surface area (Å²) < 4.78 is 10.7. The number of nitrogens with zero attached hydrogens (tertiary/aromatic N) is 1. The molecule has 0 unspecified atom stereocenters. The van der Waals surface area contributed by atoms with Crippen molar-refractivity contribution in [3.63, 3.8) is 0 Å². The van der Waals surface area contributed by atoms with E-state index in [1.165, 1.54) is 13.2 Å². The zero-order valence-corrected chi connectivity index (χ0v) is 13.7. The number of pyridine rings is 1. The van der Waals surface area contributed by atoms with Gasteiger partial charge in [0.25, 0.3) is 0 Å². The van der Waals surface area contributed by atoms with E-state index in [2.05, 4.69) is 4.98 Å². The maximum atomic E-state index is 11.6. The van der Waals surface area contributed by atoms with Gasteiger partial charge in [-0.1, -0.05) is 30.3 Å². The fourth-order valence-corrected chi connectivity index (χ4v) is 2.44. The monoisotopic (exact) mass is 335 g/mol. The average Bonchev–Trinajstić information content (AvgIpc) is 2.67. The van der Waals surface area contributed by atoms with E-state index in [1.54, 1.807) is 30.5 Å². The van der Waals surface area contributed by atoms with Gasteiger partial charge in [0.15, 0.2) is 0 Å². The zero-order chi connectivity index (χ0) is 17.6. The third kappa shape index (κ3) is 3.95. The smallest absolute Gasteiger partial charge is 0.336 e. The minimum atomic E-state index is -1.02. The molecule has 25 heavy (non-hydrogen) atoms. The molecule has 0 fully saturated rings. The van der Waals surface area contributed by atoms with Gasteiger partial charge in [-0.2, -0.15) is 0 Å². The van der Waals surface area contributed by atoms with Crippen LogP contribution in [0.3, 0.4) is 0 Å². The molecule has 0 saturated carbocycles. The number of carbonyl (C=O) groups is 1. The highest BCUT2D eigenvalue weighted by Crippen LogP contribution is 2.28. The van der Waals surface area contributed by atoms with E-state index in [4.69, 9.17) is 9.47 Å². The van der Waals surface area contributed by atoms with Crippen molar-refractivity contribution in [3.05, 3.63) is 78.0 Å². The Morgan fingerprint density at radius 1 is 1.08 bits per heavy atom. The Morgan fingerprint density at radius 3 is 2.52 bits per heavy atom. The first-order valence-corrected chi connectivity index (χ1v) is 7.72. The summed E-state index contributed by atoms with van der Waals surface area (Å²) in [5, 5.41) is 9.54. The Labute approximate surface area is 145 Å². The van der Waals surface area contributed by atoms with Crippen LogP contribution >= 0.6 is 0 Å². The lowest BCUT2D eigenvalue weighted by molar-refractivity contribution is 0.0697. The van der Waals surface area contributed by atoms with E-state index in [0.29, 0.717) is 29.4 Å². The quantitative estimate of drug-likeness (QED) is 0.736. The topological polar surface area (TPSA) is 68.7 Å². The van der Waals surface area contributed by atoms with E-state index in [1.807, 2.05) is 30.3 Å². The van der Waals surface area contributed by atoms with Gasteiger partial charge in [0.1, 0.15) is 12.4 Å². The molecular weight excluding hydrogens is 318 g/mol. The van der Waals surface area contributed by atoms with Crippen LogP contribution in [0.4, 0.5) is 0 Å². The molecule has 0 aliphatic rings. The molecule has 0 aliphatic carbocycles. The molecular formula is C20H17NO4. The number of aromatic carboxylic acids is 1. The van der Waals surface area contributed by atoms with Crippen LogP contribution in [0.2, 0.25) is 0 Å². The molecule has 0 aliphatic heterocycles. The first-order valence-electron chi connectivity index (χ1n) is 7.72. The molecule has 5 heteroatoms. The first-order chi connectivity index (χ1) is 12.2. The van der Waals surface area contributed by atoms with Crippen LogP contribution in [-0.4, -0.2) is 23.2 Å². The Balaban J connectivity index is 1.86. The van der Waals surface area contributed by atoms with Crippen molar-refractivity contribution in [2.24, 2.45) is 0 Å². The van der Waals surface area contributed by atoms with Gasteiger partial charge in [0.05, 0.1) is 12.7 Å². The van der Waals surface area contributed by atoms with E-state index in [9.17, 15) is 9.90 Å². The summed E-state index contributed by atoms with van der Waals surface area (Å²) in [4.78, 5) is 15.8. The minimum absolute atomic E-state index is 0.164. The minimum Gasteiger partial charge on any atom is -0.489 e. The lowest BCUT2D eigenvalue weighted by atomic mass is 10.0. The molecule has 5 nitrogen and oxygen atoms in total. The first kappa shape index (κ1) is 16.5. The molecule has 3 rings (SSSR count). The second-order valence-corrected chi connectivity index (χ2v) is 5.38. The number of ether oxygens (including phenoxy) is 2. The summed E-state index contributed by atoms with van der Waals surface area (Å²) in [6.45, 7) is 0.378. The van der Waals surface area contributed by atoms with Crippen LogP contribution in [0.1, 0.15) is 15.9 Å². The highest BCUT2D eigenvalue weighted by Gasteiger charge is 2.14. The van der Waals surface area contributed by atoms with Crippen molar-refractivity contribution in [1.82, 2.24) is 4.98 Å². The molecule has 0 atom stereocenters. The van der Waals surface area contributed by atoms with Crippen LogP contribution in [0.25, 0.3) is 11.1 Å². The van der Waals surface area contributed by atoms with Crippen LogP contribution in [0.5, 0.6) is 11.6 Å². The molecule has 1 aromatic heterocycles. The highest BCUT2D eigenvalue weighted by molar-refractivity contribution is 5.96. The van der Waals surface area contributed by atoms with Gasteiger partial charge in [-0.3, -0.25) is 0 Å². The van der Waals surface area contributed by atoms with E-state index in [-0.39, 0.29) is 5.56 Å². The van der Waals surface area contributed by atoms with Crippen LogP contribution in [0.15, 0.2) is 66.9 Å². The molecule has 1 heterocycles. The van der Waals surface area contributed by atoms with E-state index in [0.717, 1.165) is 5.56 Å². The summed E-state index contributed by atoms with van der Waals surface area (Å²) in [7, 11) is 1.53. The van der Waals surface area contributed by atoms with Crippen molar-refractivity contribution in [2.75, 3.05) is 7.11 Å². The van der Waals surface area contributed by atoms with Crippen molar-refractivity contribution >= 4 is 5.97 Å². The van der Waals surface area contributed by atoms with Gasteiger partial charge < -0.3 is 14.6 Å². The number of hydrogen-bond donors (Lipinski definition) is 1. The average molecular weight is 335 g/mol. The number of hydrogen-bond acceptors (Lipinski definition) is 4. The van der Waals surface area contributed by atoms with Gasteiger partial charge in [-0.25, -0.2) is 9.78 Å². The maximum Gasteiger partial charge on any atom is 0.336 e. The predicted molar refractivity (Wildman–Crippen MR) is 94.0 cm³/mol. The molecule has 0 saturated heterocycles. The van der Waals surface area contributed by atoms with Crippen LogP contribution < -0.4 is 9.47 Å². The highest BCUT2D eigenvalue weighted by atomic mass is 16.5. The standard InChI is InChI=1S/C20H17NO4/c1-24-19-10-7-15(12-21-19)17-9-8-16(11-18(17)20(22)23)25-13-14-5-3-2-4-6-14/h2-12H,13H2,1H3,(H,22,23). The second kappa shape index (κ2) is 7.49. The molecule has 1 N–H and O–H groups in total. The fourth-order valence-electron chi connectivity index (χ4n) is 2.44. The summed E-state index contributed by atoms with van der Waals surface area (Å²) in [5.41, 5.74) is 2.46. The van der Waals surface area contributed by atoms with Crippen molar-refractivity contribution in [2.45, 2.75) is 6.61 Å². The Hall–Kier alpha value is -3.34. The third-order valence-electron chi connectivity index (χ3n) is 3.73. The fraction of sp³-hybridized carbons (Fsp3) is 0.100. The number of rotatable bonds is 6. The third-order valence-corrected chi connectivity index (χ3v) is 3.73. The molecule has 0 radical (unpaired) electrons. The summed E-state index contributed by atoms with van der Waals surface area (Å²) >= 11 is 0. The van der Waals surface area contributed by atoms with Gasteiger partial charge in [0, 0.05) is 17.8 Å².